The molecular weight excluding hydrogens is 210 g/mol. The second kappa shape index (κ2) is 6.08. The van der Waals surface area contributed by atoms with Crippen LogP contribution >= 0.6 is 0 Å². The fraction of sp³-hybridized carbons (Fsp3) is 0.700. The van der Waals surface area contributed by atoms with E-state index in [2.05, 4.69) is 5.32 Å². The summed E-state index contributed by atoms with van der Waals surface area (Å²) in [5.74, 6) is -0.725. The van der Waals surface area contributed by atoms with Crippen LogP contribution in [0.25, 0.3) is 0 Å². The van der Waals surface area contributed by atoms with E-state index >= 15 is 0 Å². The molecule has 88 valence electrons. The molecule has 0 aromatic rings. The number of carboxylic acid groups (broad SMARTS) is 1. The molecule has 2 N–H and O–H groups in total. The van der Waals surface area contributed by atoms with Crippen molar-refractivity contribution in [2.24, 2.45) is 5.92 Å². The first-order valence-electron chi connectivity index (χ1n) is 5.19. The number of hydrogen-bond acceptors (Lipinski definition) is 4. The SMILES string of the molecule is N#CCCNC(=O)CN1CC(CC(=O)O)C1. The van der Waals surface area contributed by atoms with Crippen molar-refractivity contribution in [1.29, 1.82) is 5.26 Å². The molecule has 1 aliphatic heterocycles. The van der Waals surface area contributed by atoms with Gasteiger partial charge >= 0.3 is 5.97 Å². The Bertz CT molecular complexity index is 305. The third-order valence-corrected chi connectivity index (χ3v) is 2.42. The third-order valence-electron chi connectivity index (χ3n) is 2.42. The molecule has 0 bridgehead atoms. The number of rotatable bonds is 6. The van der Waals surface area contributed by atoms with Crippen LogP contribution in [0.3, 0.4) is 0 Å². The van der Waals surface area contributed by atoms with Crippen LogP contribution in [0, 0.1) is 17.2 Å². The molecule has 6 nitrogen and oxygen atoms in total. The largest absolute Gasteiger partial charge is 0.481 e. The highest BCUT2D eigenvalue weighted by Gasteiger charge is 2.29. The summed E-state index contributed by atoms with van der Waals surface area (Å²) in [4.78, 5) is 23.5. The lowest BCUT2D eigenvalue weighted by atomic mass is 9.96. The first-order valence-corrected chi connectivity index (χ1v) is 5.19. The van der Waals surface area contributed by atoms with Gasteiger partial charge in [-0.1, -0.05) is 0 Å². The van der Waals surface area contributed by atoms with E-state index in [0.29, 0.717) is 32.6 Å². The number of amides is 1. The predicted molar refractivity (Wildman–Crippen MR) is 55.4 cm³/mol. The van der Waals surface area contributed by atoms with Crippen LogP contribution in [0.4, 0.5) is 0 Å². The van der Waals surface area contributed by atoms with Gasteiger partial charge in [0.15, 0.2) is 0 Å². The average molecular weight is 225 g/mol. The van der Waals surface area contributed by atoms with Gasteiger partial charge < -0.3 is 10.4 Å². The van der Waals surface area contributed by atoms with Gasteiger partial charge in [-0.25, -0.2) is 0 Å². The molecule has 1 saturated heterocycles. The minimum atomic E-state index is -0.789. The zero-order valence-electron chi connectivity index (χ0n) is 8.98. The number of aliphatic carboxylic acids is 1. The summed E-state index contributed by atoms with van der Waals surface area (Å²) in [6.07, 6.45) is 0.486. The monoisotopic (exact) mass is 225 g/mol. The highest BCUT2D eigenvalue weighted by atomic mass is 16.4. The fourth-order valence-electron chi connectivity index (χ4n) is 1.70. The van der Waals surface area contributed by atoms with Crippen molar-refractivity contribution in [2.75, 3.05) is 26.2 Å². The van der Waals surface area contributed by atoms with Crippen LogP contribution in [0.1, 0.15) is 12.8 Å². The van der Waals surface area contributed by atoms with Gasteiger partial charge in [0.2, 0.25) is 5.91 Å². The maximum absolute atomic E-state index is 11.3. The Hall–Kier alpha value is -1.61. The molecule has 1 heterocycles. The van der Waals surface area contributed by atoms with Crippen molar-refractivity contribution in [2.45, 2.75) is 12.8 Å². The molecule has 0 aromatic carbocycles. The smallest absolute Gasteiger partial charge is 0.303 e. The third kappa shape index (κ3) is 4.28. The zero-order valence-corrected chi connectivity index (χ0v) is 8.98. The van der Waals surface area contributed by atoms with Crippen molar-refractivity contribution < 1.29 is 14.7 Å². The van der Waals surface area contributed by atoms with Crippen LogP contribution in [-0.4, -0.2) is 48.1 Å². The summed E-state index contributed by atoms with van der Waals surface area (Å²) in [5.41, 5.74) is 0. The lowest BCUT2D eigenvalue weighted by molar-refractivity contribution is -0.139. The molecule has 6 heteroatoms. The highest BCUT2D eigenvalue weighted by Crippen LogP contribution is 2.17. The second-order valence-electron chi connectivity index (χ2n) is 3.92. The van der Waals surface area contributed by atoms with Crippen LogP contribution < -0.4 is 5.32 Å². The van der Waals surface area contributed by atoms with E-state index in [0.717, 1.165) is 0 Å². The number of carbonyl (C=O) groups is 2. The van der Waals surface area contributed by atoms with Gasteiger partial charge in [-0.15, -0.1) is 0 Å². The summed E-state index contributed by atoms with van der Waals surface area (Å²) in [6.45, 7) is 2.00. The predicted octanol–water partition coefficient (Wildman–Crippen LogP) is -0.577. The lowest BCUT2D eigenvalue weighted by Gasteiger charge is -2.37. The van der Waals surface area contributed by atoms with Gasteiger partial charge in [-0.05, 0) is 5.92 Å². The topological polar surface area (TPSA) is 93.4 Å². The number of nitriles is 1. The van der Waals surface area contributed by atoms with E-state index in [1.54, 1.807) is 0 Å². The summed E-state index contributed by atoms with van der Waals surface area (Å²) >= 11 is 0. The quantitative estimate of drug-likeness (QED) is 0.590. The van der Waals surface area contributed by atoms with E-state index < -0.39 is 5.97 Å². The molecule has 0 spiro atoms. The summed E-state index contributed by atoms with van der Waals surface area (Å²) in [7, 11) is 0. The van der Waals surface area contributed by atoms with Crippen LogP contribution in [-0.2, 0) is 9.59 Å². The number of hydrogen-bond donors (Lipinski definition) is 2. The van der Waals surface area contributed by atoms with E-state index in [9.17, 15) is 9.59 Å². The Morgan fingerprint density at radius 2 is 2.19 bits per heavy atom. The van der Waals surface area contributed by atoms with Crippen molar-refractivity contribution in [3.05, 3.63) is 0 Å². The first kappa shape index (κ1) is 12.5. The van der Waals surface area contributed by atoms with E-state index in [-0.39, 0.29) is 18.2 Å². The Kier molecular flexibility index (Phi) is 4.73. The zero-order chi connectivity index (χ0) is 12.0. The van der Waals surface area contributed by atoms with Crippen LogP contribution in [0.15, 0.2) is 0 Å². The number of nitrogens with zero attached hydrogens (tertiary/aromatic N) is 2. The van der Waals surface area contributed by atoms with Gasteiger partial charge in [0.1, 0.15) is 0 Å². The van der Waals surface area contributed by atoms with E-state index in [1.165, 1.54) is 0 Å². The molecule has 0 radical (unpaired) electrons. The summed E-state index contributed by atoms with van der Waals surface area (Å²) in [6, 6.07) is 1.94. The minimum absolute atomic E-state index is 0.107. The van der Waals surface area contributed by atoms with Gasteiger partial charge in [0.25, 0.3) is 0 Å². The molecule has 1 amide bonds. The lowest BCUT2D eigenvalue weighted by Crippen LogP contribution is -2.51. The summed E-state index contributed by atoms with van der Waals surface area (Å²) in [5, 5.41) is 19.4. The molecule has 1 fully saturated rings. The van der Waals surface area contributed by atoms with Crippen molar-refractivity contribution in [1.82, 2.24) is 10.2 Å². The highest BCUT2D eigenvalue weighted by molar-refractivity contribution is 5.78. The molecule has 16 heavy (non-hydrogen) atoms. The maximum atomic E-state index is 11.3. The van der Waals surface area contributed by atoms with Gasteiger partial charge in [0, 0.05) is 19.6 Å². The van der Waals surface area contributed by atoms with Crippen LogP contribution in [0.2, 0.25) is 0 Å². The van der Waals surface area contributed by atoms with Crippen molar-refractivity contribution >= 4 is 11.9 Å². The molecular formula is C10H15N3O3. The number of carboxylic acids is 1. The van der Waals surface area contributed by atoms with Gasteiger partial charge in [0.05, 0.1) is 25.5 Å². The molecule has 1 rings (SSSR count). The standard InChI is InChI=1S/C10H15N3O3/c11-2-1-3-12-9(14)7-13-5-8(6-13)4-10(15)16/h8H,1,3-7H2,(H,12,14)(H,15,16). The van der Waals surface area contributed by atoms with Gasteiger partial charge in [-0.3, -0.25) is 14.5 Å². The van der Waals surface area contributed by atoms with E-state index in [1.807, 2.05) is 11.0 Å². The normalized spacial score (nSPS) is 16.2. The minimum Gasteiger partial charge on any atom is -0.481 e. The molecule has 0 aliphatic carbocycles. The Labute approximate surface area is 93.8 Å². The molecule has 0 saturated carbocycles. The Balaban J connectivity index is 2.06. The van der Waals surface area contributed by atoms with Gasteiger partial charge in [-0.2, -0.15) is 5.26 Å². The van der Waals surface area contributed by atoms with Crippen molar-refractivity contribution in [3.8, 4) is 6.07 Å². The van der Waals surface area contributed by atoms with E-state index in [4.69, 9.17) is 10.4 Å². The molecule has 0 unspecified atom stereocenters. The molecule has 0 aromatic heterocycles. The summed E-state index contributed by atoms with van der Waals surface area (Å²) < 4.78 is 0. The van der Waals surface area contributed by atoms with Crippen molar-refractivity contribution in [3.63, 3.8) is 0 Å². The Morgan fingerprint density at radius 1 is 1.50 bits per heavy atom. The number of carbonyl (C=O) groups excluding carboxylic acids is 1. The van der Waals surface area contributed by atoms with Crippen LogP contribution in [0.5, 0.6) is 0 Å². The molecule has 1 aliphatic rings. The number of likely N-dealkylation sites (tertiary alicyclic amines) is 1. The fourth-order valence-corrected chi connectivity index (χ4v) is 1.70. The average Bonchev–Trinajstić information content (AvgIpc) is 2.14. The second-order valence-corrected chi connectivity index (χ2v) is 3.92. The molecule has 0 atom stereocenters. The maximum Gasteiger partial charge on any atom is 0.303 e. The Morgan fingerprint density at radius 3 is 2.75 bits per heavy atom. The first-order chi connectivity index (χ1) is 7.61. The number of nitrogens with one attached hydrogen (secondary N) is 1.